The van der Waals surface area contributed by atoms with Crippen LogP contribution >= 0.6 is 0 Å². The van der Waals surface area contributed by atoms with Crippen LogP contribution < -0.4 is 14.8 Å². The van der Waals surface area contributed by atoms with E-state index in [1.807, 2.05) is 42.0 Å². The lowest BCUT2D eigenvalue weighted by Crippen LogP contribution is -2.27. The first kappa shape index (κ1) is 17.5. The third-order valence-corrected chi connectivity index (χ3v) is 4.19. The number of imidazole rings is 1. The molecule has 0 saturated heterocycles. The van der Waals surface area contributed by atoms with Crippen LogP contribution in [0.4, 0.5) is 0 Å². The second-order valence-electron chi connectivity index (χ2n) is 5.82. The second-order valence-corrected chi connectivity index (χ2v) is 5.82. The number of amides is 1. The molecule has 0 aliphatic carbocycles. The lowest BCUT2D eigenvalue weighted by Gasteiger charge is -2.17. The fourth-order valence-electron chi connectivity index (χ4n) is 2.70. The van der Waals surface area contributed by atoms with Gasteiger partial charge in [-0.15, -0.1) is 0 Å². The highest BCUT2D eigenvalue weighted by atomic mass is 16.5. The smallest absolute Gasteiger partial charge is 0.255 e. The number of nitrogens with one attached hydrogen (secondary N) is 1. The molecule has 0 radical (unpaired) electrons. The summed E-state index contributed by atoms with van der Waals surface area (Å²) in [6.07, 6.45) is 5.36. The molecule has 1 amide bonds. The average molecular weight is 351 g/mol. The topological polar surface area (TPSA) is 65.4 Å². The van der Waals surface area contributed by atoms with Gasteiger partial charge in [-0.05, 0) is 42.8 Å². The molecule has 6 heteroatoms. The number of nitrogens with zero attached hydrogens (tertiary/aromatic N) is 2. The molecule has 0 saturated carbocycles. The van der Waals surface area contributed by atoms with Crippen LogP contribution in [0.25, 0.3) is 5.69 Å². The molecule has 0 bridgehead atoms. The zero-order chi connectivity index (χ0) is 18.5. The third kappa shape index (κ3) is 3.69. The number of rotatable bonds is 6. The van der Waals surface area contributed by atoms with Crippen LogP contribution in [0.1, 0.15) is 28.9 Å². The average Bonchev–Trinajstić information content (AvgIpc) is 3.22. The van der Waals surface area contributed by atoms with E-state index in [0.29, 0.717) is 17.1 Å². The number of carbonyl (C=O) groups is 1. The number of carbonyl (C=O) groups excluding carboxylic acids is 1. The first-order valence-electron chi connectivity index (χ1n) is 8.23. The Balaban J connectivity index is 1.75. The summed E-state index contributed by atoms with van der Waals surface area (Å²) in [6.45, 7) is 1.94. The van der Waals surface area contributed by atoms with Gasteiger partial charge in [-0.3, -0.25) is 4.79 Å². The van der Waals surface area contributed by atoms with Gasteiger partial charge in [0, 0.05) is 18.1 Å². The number of hydrogen-bond donors (Lipinski definition) is 1. The zero-order valence-electron chi connectivity index (χ0n) is 15.0. The van der Waals surface area contributed by atoms with Crippen LogP contribution in [0.2, 0.25) is 0 Å². The lowest BCUT2D eigenvalue weighted by atomic mass is 10.1. The summed E-state index contributed by atoms with van der Waals surface area (Å²) in [5.74, 6) is 0.895. The van der Waals surface area contributed by atoms with Crippen LogP contribution in [-0.2, 0) is 0 Å². The van der Waals surface area contributed by atoms with Crippen molar-refractivity contribution in [2.75, 3.05) is 14.2 Å². The Morgan fingerprint density at radius 2 is 1.88 bits per heavy atom. The summed E-state index contributed by atoms with van der Waals surface area (Å²) >= 11 is 0. The van der Waals surface area contributed by atoms with Crippen molar-refractivity contribution < 1.29 is 14.3 Å². The van der Waals surface area contributed by atoms with Gasteiger partial charge in [0.25, 0.3) is 5.91 Å². The van der Waals surface area contributed by atoms with E-state index in [2.05, 4.69) is 10.3 Å². The van der Waals surface area contributed by atoms with E-state index in [-0.39, 0.29) is 11.9 Å². The zero-order valence-corrected chi connectivity index (χ0v) is 15.0. The second kappa shape index (κ2) is 7.74. The largest absolute Gasteiger partial charge is 0.497 e. The highest BCUT2D eigenvalue weighted by Gasteiger charge is 2.16. The molecule has 3 aromatic rings. The molecule has 26 heavy (non-hydrogen) atoms. The molecule has 0 fully saturated rings. The molecule has 0 spiro atoms. The Kier molecular flexibility index (Phi) is 5.22. The van der Waals surface area contributed by atoms with E-state index < -0.39 is 0 Å². The normalized spacial score (nSPS) is 11.7. The molecule has 1 aromatic heterocycles. The fourth-order valence-corrected chi connectivity index (χ4v) is 2.70. The maximum absolute atomic E-state index is 12.7. The first-order valence-corrected chi connectivity index (χ1v) is 8.23. The monoisotopic (exact) mass is 351 g/mol. The maximum Gasteiger partial charge on any atom is 0.255 e. The van der Waals surface area contributed by atoms with Gasteiger partial charge in [0.2, 0.25) is 0 Å². The molecule has 134 valence electrons. The Bertz CT molecular complexity index is 874. The molecular weight excluding hydrogens is 330 g/mol. The SMILES string of the molecule is COc1ccc(OC)c(C(=O)N[C@@H](C)c2ccc(-n3ccnc3)cc2)c1. The molecule has 2 aromatic carbocycles. The number of aromatic nitrogens is 2. The minimum absolute atomic E-state index is 0.157. The van der Waals surface area contributed by atoms with Crippen LogP contribution in [0, 0.1) is 0 Å². The Morgan fingerprint density at radius 1 is 1.12 bits per heavy atom. The van der Waals surface area contributed by atoms with Crippen LogP contribution in [-0.4, -0.2) is 29.7 Å². The van der Waals surface area contributed by atoms with Crippen molar-refractivity contribution in [2.45, 2.75) is 13.0 Å². The third-order valence-electron chi connectivity index (χ3n) is 4.19. The van der Waals surface area contributed by atoms with Crippen molar-refractivity contribution in [3.8, 4) is 17.2 Å². The molecule has 6 nitrogen and oxygen atoms in total. The molecule has 1 N–H and O–H groups in total. The van der Waals surface area contributed by atoms with Crippen LogP contribution in [0.15, 0.2) is 61.2 Å². The van der Waals surface area contributed by atoms with E-state index in [1.165, 1.54) is 7.11 Å². The predicted octanol–water partition coefficient (Wildman–Crippen LogP) is 3.38. The minimum Gasteiger partial charge on any atom is -0.497 e. The lowest BCUT2D eigenvalue weighted by molar-refractivity contribution is 0.0936. The fraction of sp³-hybridized carbons (Fsp3) is 0.200. The van der Waals surface area contributed by atoms with Crippen LogP contribution in [0.3, 0.4) is 0 Å². The van der Waals surface area contributed by atoms with Crippen molar-refractivity contribution in [2.24, 2.45) is 0 Å². The molecular formula is C20H21N3O3. The van der Waals surface area contributed by atoms with Crippen molar-refractivity contribution >= 4 is 5.91 Å². The number of benzene rings is 2. The van der Waals surface area contributed by atoms with E-state index in [4.69, 9.17) is 9.47 Å². The molecule has 0 aliphatic rings. The number of methoxy groups -OCH3 is 2. The Hall–Kier alpha value is -3.28. The molecule has 0 aliphatic heterocycles. The van der Waals surface area contributed by atoms with Gasteiger partial charge in [0.15, 0.2) is 0 Å². The summed E-state index contributed by atoms with van der Waals surface area (Å²) in [7, 11) is 3.10. The molecule has 1 atom stereocenters. The molecule has 1 heterocycles. The summed E-state index contributed by atoms with van der Waals surface area (Å²) in [4.78, 5) is 16.7. The van der Waals surface area contributed by atoms with Crippen LogP contribution in [0.5, 0.6) is 11.5 Å². The van der Waals surface area contributed by atoms with E-state index in [1.54, 1.807) is 37.8 Å². The first-order chi connectivity index (χ1) is 12.6. The summed E-state index contributed by atoms with van der Waals surface area (Å²) in [5.41, 5.74) is 2.46. The highest BCUT2D eigenvalue weighted by molar-refractivity contribution is 5.97. The summed E-state index contributed by atoms with van der Waals surface area (Å²) in [6, 6.07) is 13.0. The van der Waals surface area contributed by atoms with Crippen molar-refractivity contribution in [3.05, 3.63) is 72.3 Å². The highest BCUT2D eigenvalue weighted by Crippen LogP contribution is 2.25. The summed E-state index contributed by atoms with van der Waals surface area (Å²) < 4.78 is 12.4. The standard InChI is InChI=1S/C20H21N3O3/c1-14(15-4-6-16(7-5-15)23-11-10-21-13-23)22-20(24)18-12-17(25-2)8-9-19(18)26-3/h4-14H,1-3H3,(H,22,24)/t14-/m0/s1. The van der Waals surface area contributed by atoms with Gasteiger partial charge in [0.05, 0.1) is 32.2 Å². The predicted molar refractivity (Wildman–Crippen MR) is 99.0 cm³/mol. The van der Waals surface area contributed by atoms with Gasteiger partial charge >= 0.3 is 0 Å². The Morgan fingerprint density at radius 3 is 2.50 bits per heavy atom. The minimum atomic E-state index is -0.216. The van der Waals surface area contributed by atoms with E-state index in [0.717, 1.165) is 11.3 Å². The molecule has 0 unspecified atom stereocenters. The van der Waals surface area contributed by atoms with Crippen molar-refractivity contribution in [3.63, 3.8) is 0 Å². The number of hydrogen-bond acceptors (Lipinski definition) is 4. The van der Waals surface area contributed by atoms with Gasteiger partial charge in [-0.25, -0.2) is 4.98 Å². The van der Waals surface area contributed by atoms with Gasteiger partial charge in [-0.1, -0.05) is 12.1 Å². The van der Waals surface area contributed by atoms with Gasteiger partial charge < -0.3 is 19.4 Å². The maximum atomic E-state index is 12.7. The van der Waals surface area contributed by atoms with Gasteiger partial charge in [0.1, 0.15) is 11.5 Å². The Labute approximate surface area is 152 Å². The van der Waals surface area contributed by atoms with Crippen molar-refractivity contribution in [1.29, 1.82) is 0 Å². The summed E-state index contributed by atoms with van der Waals surface area (Å²) in [5, 5.41) is 3.00. The van der Waals surface area contributed by atoms with E-state index in [9.17, 15) is 4.79 Å². The number of ether oxygens (including phenoxy) is 2. The van der Waals surface area contributed by atoms with E-state index >= 15 is 0 Å². The quantitative estimate of drug-likeness (QED) is 0.739. The van der Waals surface area contributed by atoms with Gasteiger partial charge in [-0.2, -0.15) is 0 Å². The molecule has 3 rings (SSSR count). The van der Waals surface area contributed by atoms with Crippen molar-refractivity contribution in [1.82, 2.24) is 14.9 Å².